The van der Waals surface area contributed by atoms with Crippen LogP contribution in [0.3, 0.4) is 0 Å². The fourth-order valence-corrected chi connectivity index (χ4v) is 3.13. The van der Waals surface area contributed by atoms with Crippen molar-refractivity contribution in [3.63, 3.8) is 0 Å². The molecule has 1 rings (SSSR count). The van der Waals surface area contributed by atoms with Crippen molar-refractivity contribution in [1.29, 1.82) is 5.26 Å². The van der Waals surface area contributed by atoms with Crippen LogP contribution >= 0.6 is 23.2 Å². The van der Waals surface area contributed by atoms with Crippen molar-refractivity contribution in [1.82, 2.24) is 4.31 Å². The summed E-state index contributed by atoms with van der Waals surface area (Å²) in [6.45, 7) is 1.48. The van der Waals surface area contributed by atoms with Gasteiger partial charge in [0.1, 0.15) is 10.9 Å². The maximum Gasteiger partial charge on any atom is 0.245 e. The van der Waals surface area contributed by atoms with Crippen LogP contribution in [0.5, 0.6) is 0 Å². The van der Waals surface area contributed by atoms with Crippen molar-refractivity contribution in [3.05, 3.63) is 28.2 Å². The summed E-state index contributed by atoms with van der Waals surface area (Å²) in [7, 11) is -2.49. The molecule has 92 valence electrons. The van der Waals surface area contributed by atoms with Crippen molar-refractivity contribution in [2.45, 2.75) is 17.9 Å². The van der Waals surface area contributed by atoms with Crippen LogP contribution in [0.4, 0.5) is 0 Å². The molecule has 17 heavy (non-hydrogen) atoms. The van der Waals surface area contributed by atoms with E-state index in [1.165, 1.54) is 32.2 Å². The lowest BCUT2D eigenvalue weighted by atomic mass is 10.4. The normalized spacial score (nSPS) is 13.4. The first kappa shape index (κ1) is 14.3. The van der Waals surface area contributed by atoms with Crippen LogP contribution in [0.25, 0.3) is 0 Å². The van der Waals surface area contributed by atoms with Gasteiger partial charge in [-0.3, -0.25) is 0 Å². The maximum absolute atomic E-state index is 12.1. The van der Waals surface area contributed by atoms with E-state index in [1.54, 1.807) is 0 Å². The van der Waals surface area contributed by atoms with E-state index in [0.29, 0.717) is 0 Å². The number of rotatable bonds is 3. The third-order valence-corrected chi connectivity index (χ3v) is 4.93. The molecule has 0 saturated carbocycles. The van der Waals surface area contributed by atoms with Crippen LogP contribution in [0.15, 0.2) is 23.1 Å². The van der Waals surface area contributed by atoms with E-state index in [2.05, 4.69) is 0 Å². The summed E-state index contributed by atoms with van der Waals surface area (Å²) < 4.78 is 25.2. The van der Waals surface area contributed by atoms with Crippen molar-refractivity contribution >= 4 is 33.2 Å². The highest BCUT2D eigenvalue weighted by Crippen LogP contribution is 2.27. The van der Waals surface area contributed by atoms with Crippen LogP contribution in [-0.2, 0) is 10.0 Å². The zero-order valence-corrected chi connectivity index (χ0v) is 11.5. The van der Waals surface area contributed by atoms with Gasteiger partial charge in [-0.15, -0.1) is 0 Å². The number of nitriles is 1. The quantitative estimate of drug-likeness (QED) is 0.860. The Balaban J connectivity index is 3.32. The van der Waals surface area contributed by atoms with Gasteiger partial charge in [-0.25, -0.2) is 8.42 Å². The molecule has 1 unspecified atom stereocenters. The van der Waals surface area contributed by atoms with Gasteiger partial charge in [0.15, 0.2) is 0 Å². The second-order valence-electron chi connectivity index (χ2n) is 3.40. The number of benzene rings is 1. The van der Waals surface area contributed by atoms with Crippen molar-refractivity contribution in [2.75, 3.05) is 7.05 Å². The van der Waals surface area contributed by atoms with Gasteiger partial charge < -0.3 is 0 Å². The van der Waals surface area contributed by atoms with Gasteiger partial charge in [-0.1, -0.05) is 23.2 Å². The van der Waals surface area contributed by atoms with Crippen LogP contribution in [0.2, 0.25) is 10.0 Å². The van der Waals surface area contributed by atoms with E-state index in [0.717, 1.165) is 4.31 Å². The summed E-state index contributed by atoms with van der Waals surface area (Å²) in [5.41, 5.74) is 0. The van der Waals surface area contributed by atoms with Crippen LogP contribution in [-0.4, -0.2) is 25.8 Å². The Bertz CT molecular complexity index is 566. The van der Waals surface area contributed by atoms with Gasteiger partial charge in [0.05, 0.1) is 11.1 Å². The van der Waals surface area contributed by atoms with Gasteiger partial charge in [0.25, 0.3) is 0 Å². The largest absolute Gasteiger partial charge is 0.245 e. The van der Waals surface area contributed by atoms with Crippen LogP contribution < -0.4 is 0 Å². The standard InChI is InChI=1S/C10H10Cl2N2O2S/c1-7(6-13)14(2)17(15,16)10-5-8(11)3-4-9(10)12/h3-5,7H,1-2H3. The van der Waals surface area contributed by atoms with Gasteiger partial charge in [0.2, 0.25) is 10.0 Å². The Labute approximate surface area is 110 Å². The van der Waals surface area contributed by atoms with E-state index in [4.69, 9.17) is 28.5 Å². The molecule has 1 aromatic carbocycles. The monoisotopic (exact) mass is 292 g/mol. The Morgan fingerprint density at radius 1 is 1.41 bits per heavy atom. The zero-order chi connectivity index (χ0) is 13.2. The number of hydrogen-bond acceptors (Lipinski definition) is 3. The topological polar surface area (TPSA) is 61.2 Å². The molecule has 0 spiro atoms. The Hall–Kier alpha value is -0.800. The molecule has 0 heterocycles. The average molecular weight is 293 g/mol. The molecule has 0 radical (unpaired) electrons. The zero-order valence-electron chi connectivity index (χ0n) is 9.18. The SMILES string of the molecule is CC(C#N)N(C)S(=O)(=O)c1cc(Cl)ccc1Cl. The van der Waals surface area contributed by atoms with E-state index >= 15 is 0 Å². The first-order valence-electron chi connectivity index (χ1n) is 4.63. The number of nitrogens with zero attached hydrogens (tertiary/aromatic N) is 2. The van der Waals surface area contributed by atoms with E-state index in [1.807, 2.05) is 6.07 Å². The highest BCUT2D eigenvalue weighted by molar-refractivity contribution is 7.89. The molecule has 0 saturated heterocycles. The predicted molar refractivity (Wildman–Crippen MR) is 66.5 cm³/mol. The second-order valence-corrected chi connectivity index (χ2v) is 6.21. The molecule has 0 aromatic heterocycles. The summed E-state index contributed by atoms with van der Waals surface area (Å²) in [5, 5.41) is 9.07. The first-order chi connectivity index (χ1) is 7.80. The van der Waals surface area contributed by atoms with Crippen LogP contribution in [0, 0.1) is 11.3 Å². The fourth-order valence-electron chi connectivity index (χ4n) is 1.12. The van der Waals surface area contributed by atoms with E-state index in [9.17, 15) is 8.42 Å². The van der Waals surface area contributed by atoms with Crippen LogP contribution in [0.1, 0.15) is 6.92 Å². The molecule has 0 aliphatic rings. The van der Waals surface area contributed by atoms with Gasteiger partial charge >= 0.3 is 0 Å². The minimum atomic E-state index is -3.81. The summed E-state index contributed by atoms with van der Waals surface area (Å²) in [5.74, 6) is 0. The molecule has 0 aliphatic heterocycles. The summed E-state index contributed by atoms with van der Waals surface area (Å²) in [6.07, 6.45) is 0. The molecule has 1 atom stereocenters. The smallest absolute Gasteiger partial charge is 0.207 e. The Morgan fingerprint density at radius 3 is 2.53 bits per heavy atom. The predicted octanol–water partition coefficient (Wildman–Crippen LogP) is 2.53. The average Bonchev–Trinajstić information content (AvgIpc) is 2.30. The highest BCUT2D eigenvalue weighted by atomic mass is 35.5. The summed E-state index contributed by atoms with van der Waals surface area (Å²) in [4.78, 5) is -0.101. The molecule has 0 bridgehead atoms. The van der Waals surface area contributed by atoms with E-state index < -0.39 is 16.1 Å². The van der Waals surface area contributed by atoms with Gasteiger partial charge in [-0.05, 0) is 25.1 Å². The van der Waals surface area contributed by atoms with Gasteiger partial charge in [0, 0.05) is 12.1 Å². The second kappa shape index (κ2) is 5.23. The first-order valence-corrected chi connectivity index (χ1v) is 6.83. The molecule has 0 fully saturated rings. The lowest BCUT2D eigenvalue weighted by molar-refractivity contribution is 0.442. The Kier molecular flexibility index (Phi) is 4.39. The maximum atomic E-state index is 12.1. The molecular formula is C10H10Cl2N2O2S. The minimum Gasteiger partial charge on any atom is -0.207 e. The highest BCUT2D eigenvalue weighted by Gasteiger charge is 2.27. The van der Waals surface area contributed by atoms with Crippen molar-refractivity contribution in [2.24, 2.45) is 0 Å². The number of hydrogen-bond donors (Lipinski definition) is 0. The van der Waals surface area contributed by atoms with Gasteiger partial charge in [-0.2, -0.15) is 9.57 Å². The summed E-state index contributed by atoms with van der Waals surface area (Å²) >= 11 is 11.6. The molecular weight excluding hydrogens is 283 g/mol. The molecule has 1 aromatic rings. The number of sulfonamides is 1. The molecule has 0 N–H and O–H groups in total. The fraction of sp³-hybridized carbons (Fsp3) is 0.300. The molecule has 0 amide bonds. The number of halogens is 2. The summed E-state index contributed by atoms with van der Waals surface area (Å²) in [6, 6.07) is 5.23. The van der Waals surface area contributed by atoms with Crippen molar-refractivity contribution < 1.29 is 8.42 Å². The molecule has 4 nitrogen and oxygen atoms in total. The molecule has 0 aliphatic carbocycles. The lowest BCUT2D eigenvalue weighted by Gasteiger charge is -2.19. The lowest BCUT2D eigenvalue weighted by Crippen LogP contribution is -2.34. The van der Waals surface area contributed by atoms with E-state index in [-0.39, 0.29) is 14.9 Å². The third-order valence-electron chi connectivity index (χ3n) is 2.28. The Morgan fingerprint density at radius 2 is 2.00 bits per heavy atom. The third kappa shape index (κ3) is 2.90. The minimum absolute atomic E-state index is 0.0754. The molecule has 7 heteroatoms. The van der Waals surface area contributed by atoms with Crippen molar-refractivity contribution in [3.8, 4) is 6.07 Å².